The molecular formula is C17H15F2N5. The van der Waals surface area contributed by atoms with Crippen molar-refractivity contribution >= 4 is 23.1 Å². The van der Waals surface area contributed by atoms with Crippen molar-refractivity contribution in [2.45, 2.75) is 13.8 Å². The SMILES string of the molecule is Cc1ccc(Nc2nncc(Nc3c(F)cccc3F)n2)cc1C. The van der Waals surface area contributed by atoms with Crippen LogP contribution in [0.3, 0.4) is 0 Å². The molecule has 3 aromatic rings. The number of nitrogens with zero attached hydrogens (tertiary/aromatic N) is 3. The van der Waals surface area contributed by atoms with Gasteiger partial charge in [-0.2, -0.15) is 10.1 Å². The molecule has 2 N–H and O–H groups in total. The number of benzene rings is 2. The Balaban J connectivity index is 1.82. The third-order valence-corrected chi connectivity index (χ3v) is 3.54. The number of para-hydroxylation sites is 1. The van der Waals surface area contributed by atoms with Gasteiger partial charge in [-0.3, -0.25) is 0 Å². The topological polar surface area (TPSA) is 62.7 Å². The number of hydrogen-bond donors (Lipinski definition) is 2. The molecule has 3 rings (SSSR count). The Morgan fingerprint density at radius 1 is 0.917 bits per heavy atom. The fourth-order valence-electron chi connectivity index (χ4n) is 2.11. The minimum absolute atomic E-state index is 0.181. The Hall–Kier alpha value is -3.09. The maximum absolute atomic E-state index is 13.7. The Labute approximate surface area is 137 Å². The summed E-state index contributed by atoms with van der Waals surface area (Å²) in [5.41, 5.74) is 2.81. The zero-order valence-corrected chi connectivity index (χ0v) is 13.1. The van der Waals surface area contributed by atoms with Crippen LogP contribution in [0.15, 0.2) is 42.6 Å². The van der Waals surface area contributed by atoms with E-state index < -0.39 is 11.6 Å². The maximum Gasteiger partial charge on any atom is 0.249 e. The first-order valence-electron chi connectivity index (χ1n) is 7.28. The number of hydrogen-bond acceptors (Lipinski definition) is 5. The van der Waals surface area contributed by atoms with E-state index in [1.165, 1.54) is 17.8 Å². The second-order valence-corrected chi connectivity index (χ2v) is 5.31. The van der Waals surface area contributed by atoms with Crippen molar-refractivity contribution in [3.05, 3.63) is 65.4 Å². The van der Waals surface area contributed by atoms with Gasteiger partial charge in [0.15, 0.2) is 5.82 Å². The van der Waals surface area contributed by atoms with Crippen LogP contribution in [0.5, 0.6) is 0 Å². The predicted molar refractivity (Wildman–Crippen MR) is 88.7 cm³/mol. The summed E-state index contributed by atoms with van der Waals surface area (Å²) in [4.78, 5) is 4.17. The average molecular weight is 327 g/mol. The number of rotatable bonds is 4. The van der Waals surface area contributed by atoms with Crippen molar-refractivity contribution in [2.24, 2.45) is 0 Å². The van der Waals surface area contributed by atoms with Gasteiger partial charge >= 0.3 is 0 Å². The van der Waals surface area contributed by atoms with Crippen molar-refractivity contribution in [1.29, 1.82) is 0 Å². The second-order valence-electron chi connectivity index (χ2n) is 5.31. The van der Waals surface area contributed by atoms with E-state index in [4.69, 9.17) is 0 Å². The molecule has 1 heterocycles. The molecule has 122 valence electrons. The van der Waals surface area contributed by atoms with Crippen LogP contribution in [0.2, 0.25) is 0 Å². The molecule has 0 fully saturated rings. The third-order valence-electron chi connectivity index (χ3n) is 3.54. The van der Waals surface area contributed by atoms with Gasteiger partial charge in [0, 0.05) is 5.69 Å². The molecule has 7 heteroatoms. The van der Waals surface area contributed by atoms with E-state index in [1.54, 1.807) is 0 Å². The summed E-state index contributed by atoms with van der Waals surface area (Å²) < 4.78 is 27.4. The van der Waals surface area contributed by atoms with Gasteiger partial charge in [0.25, 0.3) is 0 Å². The van der Waals surface area contributed by atoms with Crippen LogP contribution >= 0.6 is 0 Å². The minimum atomic E-state index is -0.711. The van der Waals surface area contributed by atoms with E-state index in [0.717, 1.165) is 23.4 Å². The molecule has 0 aliphatic carbocycles. The quantitative estimate of drug-likeness (QED) is 0.750. The molecule has 24 heavy (non-hydrogen) atoms. The zero-order valence-electron chi connectivity index (χ0n) is 13.1. The standard InChI is InChI=1S/C17H15F2N5/c1-10-6-7-12(8-11(10)2)21-17-23-15(9-20-24-17)22-16-13(18)4-3-5-14(16)19/h3-9H,1-2H3,(H2,21,22,23,24). The average Bonchev–Trinajstić information content (AvgIpc) is 2.55. The molecule has 0 saturated heterocycles. The van der Waals surface area contributed by atoms with Crippen LogP contribution in [0.4, 0.5) is 31.9 Å². The molecular weight excluding hydrogens is 312 g/mol. The Morgan fingerprint density at radius 2 is 1.67 bits per heavy atom. The van der Waals surface area contributed by atoms with E-state index in [-0.39, 0.29) is 17.5 Å². The number of aryl methyl sites for hydroxylation is 2. The van der Waals surface area contributed by atoms with Gasteiger partial charge in [-0.25, -0.2) is 8.78 Å². The monoisotopic (exact) mass is 327 g/mol. The molecule has 1 aromatic heterocycles. The minimum Gasteiger partial charge on any atom is -0.334 e. The van der Waals surface area contributed by atoms with E-state index in [2.05, 4.69) is 25.8 Å². The number of halogens is 2. The van der Waals surface area contributed by atoms with Gasteiger partial charge in [0.1, 0.15) is 17.3 Å². The van der Waals surface area contributed by atoms with Crippen LogP contribution in [-0.2, 0) is 0 Å². The van der Waals surface area contributed by atoms with Gasteiger partial charge in [-0.05, 0) is 49.2 Å². The van der Waals surface area contributed by atoms with E-state index in [1.807, 2.05) is 32.0 Å². The van der Waals surface area contributed by atoms with Gasteiger partial charge in [-0.15, -0.1) is 5.10 Å². The molecule has 0 unspecified atom stereocenters. The predicted octanol–water partition coefficient (Wildman–Crippen LogP) is 4.25. The van der Waals surface area contributed by atoms with Crippen molar-refractivity contribution < 1.29 is 8.78 Å². The van der Waals surface area contributed by atoms with E-state index >= 15 is 0 Å². The molecule has 5 nitrogen and oxygen atoms in total. The second kappa shape index (κ2) is 6.57. The molecule has 0 aliphatic heterocycles. The summed E-state index contributed by atoms with van der Waals surface area (Å²) in [5.74, 6) is -1.02. The lowest BCUT2D eigenvalue weighted by Crippen LogP contribution is -2.04. The first kappa shape index (κ1) is 15.8. The Kier molecular flexibility index (Phi) is 4.33. The van der Waals surface area contributed by atoms with Crippen LogP contribution in [-0.4, -0.2) is 15.2 Å². The van der Waals surface area contributed by atoms with Crippen LogP contribution in [0.25, 0.3) is 0 Å². The van der Waals surface area contributed by atoms with Crippen molar-refractivity contribution in [2.75, 3.05) is 10.6 Å². The maximum atomic E-state index is 13.7. The Morgan fingerprint density at radius 3 is 2.38 bits per heavy atom. The zero-order chi connectivity index (χ0) is 17.1. The highest BCUT2D eigenvalue weighted by atomic mass is 19.1. The number of nitrogens with one attached hydrogen (secondary N) is 2. The highest BCUT2D eigenvalue weighted by Crippen LogP contribution is 2.23. The Bertz CT molecular complexity index is 862. The summed E-state index contributed by atoms with van der Waals surface area (Å²) >= 11 is 0. The van der Waals surface area contributed by atoms with Gasteiger partial charge in [0.2, 0.25) is 5.95 Å². The molecule has 0 spiro atoms. The van der Waals surface area contributed by atoms with Crippen LogP contribution in [0.1, 0.15) is 11.1 Å². The number of anilines is 4. The lowest BCUT2D eigenvalue weighted by atomic mass is 10.1. The summed E-state index contributed by atoms with van der Waals surface area (Å²) in [6.07, 6.45) is 1.29. The normalized spacial score (nSPS) is 10.5. The molecule has 0 aliphatic rings. The largest absolute Gasteiger partial charge is 0.334 e. The van der Waals surface area contributed by atoms with Crippen LogP contribution < -0.4 is 10.6 Å². The van der Waals surface area contributed by atoms with E-state index in [0.29, 0.717) is 0 Å². The summed E-state index contributed by atoms with van der Waals surface area (Å²) in [7, 11) is 0. The third kappa shape index (κ3) is 3.45. The molecule has 0 atom stereocenters. The molecule has 0 radical (unpaired) electrons. The first-order chi connectivity index (χ1) is 11.5. The highest BCUT2D eigenvalue weighted by molar-refractivity contribution is 5.60. The van der Waals surface area contributed by atoms with Crippen molar-refractivity contribution in [1.82, 2.24) is 15.2 Å². The first-order valence-corrected chi connectivity index (χ1v) is 7.28. The van der Waals surface area contributed by atoms with Crippen molar-refractivity contribution in [3.8, 4) is 0 Å². The smallest absolute Gasteiger partial charge is 0.249 e. The van der Waals surface area contributed by atoms with Crippen molar-refractivity contribution in [3.63, 3.8) is 0 Å². The number of aromatic nitrogens is 3. The summed E-state index contributed by atoms with van der Waals surface area (Å²) in [6, 6.07) is 9.43. The summed E-state index contributed by atoms with van der Waals surface area (Å²) in [6.45, 7) is 4.02. The van der Waals surface area contributed by atoms with Gasteiger partial charge < -0.3 is 10.6 Å². The molecule has 0 amide bonds. The van der Waals surface area contributed by atoms with Crippen LogP contribution in [0, 0.1) is 25.5 Å². The van der Waals surface area contributed by atoms with E-state index in [9.17, 15) is 8.78 Å². The van der Waals surface area contributed by atoms with Gasteiger partial charge in [-0.1, -0.05) is 12.1 Å². The summed E-state index contributed by atoms with van der Waals surface area (Å²) in [5, 5.41) is 13.3. The highest BCUT2D eigenvalue weighted by Gasteiger charge is 2.10. The molecule has 2 aromatic carbocycles. The molecule has 0 saturated carbocycles. The lowest BCUT2D eigenvalue weighted by molar-refractivity contribution is 0.590. The van der Waals surface area contributed by atoms with Gasteiger partial charge in [0.05, 0.1) is 6.20 Å². The molecule has 0 bridgehead atoms. The fourth-order valence-corrected chi connectivity index (χ4v) is 2.11. The fraction of sp³-hybridized carbons (Fsp3) is 0.118. The lowest BCUT2D eigenvalue weighted by Gasteiger charge is -2.10.